The summed E-state index contributed by atoms with van der Waals surface area (Å²) >= 11 is 0. The van der Waals surface area contributed by atoms with Gasteiger partial charge in [0.2, 0.25) is 0 Å². The van der Waals surface area contributed by atoms with Gasteiger partial charge in [0.1, 0.15) is 5.82 Å². The Bertz CT molecular complexity index is 543. The number of hydrogen-bond acceptors (Lipinski definition) is 4. The van der Waals surface area contributed by atoms with E-state index in [2.05, 4.69) is 10.1 Å². The Balaban J connectivity index is 2.48. The van der Waals surface area contributed by atoms with Gasteiger partial charge in [0, 0.05) is 5.41 Å². The molecule has 0 spiro atoms. The number of para-hydroxylation sites is 1. The fourth-order valence-corrected chi connectivity index (χ4v) is 1.36. The van der Waals surface area contributed by atoms with Gasteiger partial charge < -0.3 is 10.3 Å². The maximum Gasteiger partial charge on any atom is 0.260 e. The van der Waals surface area contributed by atoms with Crippen molar-refractivity contribution in [2.75, 3.05) is 5.73 Å². The second kappa shape index (κ2) is 3.84. The third-order valence-corrected chi connectivity index (χ3v) is 2.38. The lowest BCUT2D eigenvalue weighted by Crippen LogP contribution is -2.13. The molecule has 0 aliphatic carbocycles. The molecule has 0 aliphatic heterocycles. The van der Waals surface area contributed by atoms with Gasteiger partial charge in [-0.3, -0.25) is 0 Å². The summed E-state index contributed by atoms with van der Waals surface area (Å²) in [6, 6.07) is 4.50. The number of hydrogen-bond donors (Lipinski definition) is 1. The lowest BCUT2D eigenvalue weighted by molar-refractivity contribution is 0.402. The third kappa shape index (κ3) is 2.13. The molecule has 4 nitrogen and oxygen atoms in total. The van der Waals surface area contributed by atoms with E-state index in [9.17, 15) is 4.39 Å². The Morgan fingerprint density at radius 2 is 2.00 bits per heavy atom. The fraction of sp³-hybridized carbons (Fsp3) is 0.333. The summed E-state index contributed by atoms with van der Waals surface area (Å²) in [5.41, 5.74) is 5.86. The van der Waals surface area contributed by atoms with E-state index in [1.807, 2.05) is 20.8 Å². The van der Waals surface area contributed by atoms with Crippen molar-refractivity contribution in [2.45, 2.75) is 26.2 Å². The van der Waals surface area contributed by atoms with Crippen LogP contribution in [0.4, 0.5) is 10.1 Å². The van der Waals surface area contributed by atoms with Crippen molar-refractivity contribution < 1.29 is 8.91 Å². The van der Waals surface area contributed by atoms with Gasteiger partial charge in [-0.25, -0.2) is 4.39 Å². The van der Waals surface area contributed by atoms with Crippen LogP contribution < -0.4 is 5.73 Å². The second-order valence-corrected chi connectivity index (χ2v) is 4.87. The summed E-state index contributed by atoms with van der Waals surface area (Å²) < 4.78 is 18.4. The summed E-state index contributed by atoms with van der Waals surface area (Å²) in [4.78, 5) is 4.23. The molecule has 17 heavy (non-hydrogen) atoms. The van der Waals surface area contributed by atoms with E-state index in [1.165, 1.54) is 6.07 Å². The van der Waals surface area contributed by atoms with Gasteiger partial charge in [0.05, 0.1) is 11.3 Å². The van der Waals surface area contributed by atoms with E-state index in [0.717, 1.165) is 0 Å². The average molecular weight is 235 g/mol. The molecule has 0 unspecified atom stereocenters. The number of nitrogens with zero attached hydrogens (tertiary/aromatic N) is 2. The second-order valence-electron chi connectivity index (χ2n) is 4.87. The van der Waals surface area contributed by atoms with Gasteiger partial charge in [-0.05, 0) is 12.1 Å². The minimum absolute atomic E-state index is 0.0246. The average Bonchev–Trinajstić information content (AvgIpc) is 2.70. The van der Waals surface area contributed by atoms with Gasteiger partial charge >= 0.3 is 0 Å². The first-order valence-electron chi connectivity index (χ1n) is 5.28. The molecule has 2 N–H and O–H groups in total. The quantitative estimate of drug-likeness (QED) is 0.772. The first-order valence-corrected chi connectivity index (χ1v) is 5.28. The molecule has 2 rings (SSSR count). The molecule has 0 amide bonds. The molecule has 0 fully saturated rings. The maximum atomic E-state index is 13.3. The molecule has 0 saturated carbocycles. The fourth-order valence-electron chi connectivity index (χ4n) is 1.36. The highest BCUT2D eigenvalue weighted by Crippen LogP contribution is 2.28. The van der Waals surface area contributed by atoms with Crippen LogP contribution in [0, 0.1) is 5.82 Å². The molecular weight excluding hydrogens is 221 g/mol. The summed E-state index contributed by atoms with van der Waals surface area (Å²) in [6.07, 6.45) is 0. The standard InChI is InChI=1S/C12H14FN3O/c1-12(2,3)11-15-10(17-16-11)7-5-4-6-8(13)9(7)14/h4-6H,14H2,1-3H3. The molecular formula is C12H14FN3O. The van der Waals surface area contributed by atoms with Gasteiger partial charge in [0.15, 0.2) is 5.82 Å². The Morgan fingerprint density at radius 3 is 2.59 bits per heavy atom. The van der Waals surface area contributed by atoms with Crippen LogP contribution in [0.15, 0.2) is 22.7 Å². The molecule has 0 atom stereocenters. The third-order valence-electron chi connectivity index (χ3n) is 2.38. The van der Waals surface area contributed by atoms with Gasteiger partial charge in [0.25, 0.3) is 5.89 Å². The summed E-state index contributed by atoms with van der Waals surface area (Å²) in [7, 11) is 0. The monoisotopic (exact) mass is 235 g/mol. The largest absolute Gasteiger partial charge is 0.396 e. The Hall–Kier alpha value is -1.91. The zero-order valence-electron chi connectivity index (χ0n) is 9.99. The van der Waals surface area contributed by atoms with Crippen molar-refractivity contribution in [3.63, 3.8) is 0 Å². The molecule has 1 heterocycles. The SMILES string of the molecule is CC(C)(C)c1noc(-c2cccc(F)c2N)n1. The van der Waals surface area contributed by atoms with Crippen molar-refractivity contribution in [3.05, 3.63) is 29.8 Å². The number of nitrogen functional groups attached to an aromatic ring is 1. The number of rotatable bonds is 1. The Kier molecular flexibility index (Phi) is 2.61. The van der Waals surface area contributed by atoms with E-state index >= 15 is 0 Å². The van der Waals surface area contributed by atoms with E-state index in [4.69, 9.17) is 10.3 Å². The normalized spacial score (nSPS) is 11.8. The molecule has 0 aliphatic rings. The molecule has 5 heteroatoms. The van der Waals surface area contributed by atoms with Crippen LogP contribution in [0.1, 0.15) is 26.6 Å². The van der Waals surface area contributed by atoms with Crippen LogP contribution in [0.25, 0.3) is 11.5 Å². The van der Waals surface area contributed by atoms with Crippen molar-refractivity contribution >= 4 is 5.69 Å². The van der Waals surface area contributed by atoms with E-state index in [1.54, 1.807) is 12.1 Å². The van der Waals surface area contributed by atoms with E-state index in [0.29, 0.717) is 11.4 Å². The van der Waals surface area contributed by atoms with Crippen LogP contribution in [-0.4, -0.2) is 10.1 Å². The van der Waals surface area contributed by atoms with Crippen molar-refractivity contribution in [1.29, 1.82) is 0 Å². The van der Waals surface area contributed by atoms with Gasteiger partial charge in [-0.15, -0.1) is 0 Å². The lowest BCUT2D eigenvalue weighted by Gasteiger charge is -2.10. The Morgan fingerprint density at radius 1 is 1.29 bits per heavy atom. The molecule has 0 radical (unpaired) electrons. The van der Waals surface area contributed by atoms with E-state index < -0.39 is 5.82 Å². The molecule has 0 bridgehead atoms. The van der Waals surface area contributed by atoms with Gasteiger partial charge in [-0.1, -0.05) is 32.0 Å². The Labute approximate surface area is 98.6 Å². The molecule has 0 saturated heterocycles. The number of benzene rings is 1. The zero-order valence-corrected chi connectivity index (χ0v) is 9.99. The van der Waals surface area contributed by atoms with Gasteiger partial charge in [-0.2, -0.15) is 4.98 Å². The number of aromatic nitrogens is 2. The molecule has 90 valence electrons. The van der Waals surface area contributed by atoms with Crippen molar-refractivity contribution in [3.8, 4) is 11.5 Å². The smallest absolute Gasteiger partial charge is 0.260 e. The van der Waals surface area contributed by atoms with Crippen LogP contribution in [0.5, 0.6) is 0 Å². The molecule has 2 aromatic rings. The first kappa shape index (κ1) is 11.6. The summed E-state index contributed by atoms with van der Waals surface area (Å²) in [5.74, 6) is 0.320. The maximum absolute atomic E-state index is 13.3. The highest BCUT2D eigenvalue weighted by atomic mass is 19.1. The summed E-state index contributed by atoms with van der Waals surface area (Å²) in [5, 5.41) is 3.87. The number of halogens is 1. The highest BCUT2D eigenvalue weighted by Gasteiger charge is 2.22. The van der Waals surface area contributed by atoms with Crippen molar-refractivity contribution in [1.82, 2.24) is 10.1 Å². The van der Waals surface area contributed by atoms with Crippen molar-refractivity contribution in [2.24, 2.45) is 0 Å². The van der Waals surface area contributed by atoms with Crippen LogP contribution in [0.3, 0.4) is 0 Å². The first-order chi connectivity index (χ1) is 7.89. The highest BCUT2D eigenvalue weighted by molar-refractivity contribution is 5.70. The topological polar surface area (TPSA) is 64.9 Å². The number of nitrogens with two attached hydrogens (primary N) is 1. The lowest BCUT2D eigenvalue weighted by atomic mass is 9.96. The predicted molar refractivity (Wildman–Crippen MR) is 62.8 cm³/mol. The molecule has 1 aromatic heterocycles. The minimum Gasteiger partial charge on any atom is -0.396 e. The predicted octanol–water partition coefficient (Wildman–Crippen LogP) is 2.76. The number of anilines is 1. The molecule has 1 aromatic carbocycles. The van der Waals surface area contributed by atoms with E-state index in [-0.39, 0.29) is 17.0 Å². The minimum atomic E-state index is -0.488. The van der Waals surface area contributed by atoms with Crippen LogP contribution in [-0.2, 0) is 5.41 Å². The zero-order chi connectivity index (χ0) is 12.6. The summed E-state index contributed by atoms with van der Waals surface area (Å²) in [6.45, 7) is 5.91. The van der Waals surface area contributed by atoms with Crippen LogP contribution >= 0.6 is 0 Å². The van der Waals surface area contributed by atoms with Crippen LogP contribution in [0.2, 0.25) is 0 Å².